The molecule has 2 aromatic heterocycles. The average Bonchev–Trinajstić information content (AvgIpc) is 3.29. The molecule has 0 bridgehead atoms. The van der Waals surface area contributed by atoms with Crippen LogP contribution in [-0.2, 0) is 13.0 Å². The number of carbonyl (C=O) groups is 1. The van der Waals surface area contributed by atoms with E-state index in [1.807, 2.05) is 59.3 Å². The lowest BCUT2D eigenvalue weighted by molar-refractivity contribution is -0.672. The van der Waals surface area contributed by atoms with Crippen molar-refractivity contribution in [3.05, 3.63) is 95.5 Å². The van der Waals surface area contributed by atoms with Crippen LogP contribution in [-0.4, -0.2) is 10.8 Å². The van der Waals surface area contributed by atoms with Crippen molar-refractivity contribution in [2.24, 2.45) is 0 Å². The van der Waals surface area contributed by atoms with Crippen molar-refractivity contribution >= 4 is 17.1 Å². The quantitative estimate of drug-likeness (QED) is 0.263. The van der Waals surface area contributed by atoms with Crippen LogP contribution in [0.15, 0.2) is 84.4 Å². The zero-order chi connectivity index (χ0) is 20.8. The number of benzene rings is 2. The third kappa shape index (κ3) is 4.71. The number of thiazole rings is 1. The number of nitrogens with zero attached hydrogens (tertiary/aromatic N) is 2. The van der Waals surface area contributed by atoms with Gasteiger partial charge in [-0.25, -0.2) is 4.98 Å². The Morgan fingerprint density at radius 3 is 2.50 bits per heavy atom. The molecule has 0 fully saturated rings. The lowest BCUT2D eigenvalue weighted by Crippen LogP contribution is -2.39. The van der Waals surface area contributed by atoms with Gasteiger partial charge in [-0.2, -0.15) is 4.57 Å². The van der Waals surface area contributed by atoms with Crippen LogP contribution in [0.1, 0.15) is 35.7 Å². The van der Waals surface area contributed by atoms with Gasteiger partial charge in [-0.05, 0) is 24.5 Å². The predicted molar refractivity (Wildman–Crippen MR) is 123 cm³/mol. The maximum atomic E-state index is 12.7. The van der Waals surface area contributed by atoms with Crippen LogP contribution in [0.2, 0.25) is 0 Å². The van der Waals surface area contributed by atoms with E-state index in [2.05, 4.69) is 36.6 Å². The average molecular weight is 414 g/mol. The Balaban J connectivity index is 1.56. The first kappa shape index (κ1) is 20.2. The third-order valence-electron chi connectivity index (χ3n) is 5.14. The van der Waals surface area contributed by atoms with Gasteiger partial charge in [0.15, 0.2) is 11.2 Å². The number of hydrogen-bond acceptors (Lipinski definition) is 3. The van der Waals surface area contributed by atoms with Crippen LogP contribution in [0.25, 0.3) is 22.0 Å². The molecule has 0 N–H and O–H groups in total. The molecule has 0 spiro atoms. The van der Waals surface area contributed by atoms with E-state index in [1.165, 1.54) is 18.4 Å². The van der Waals surface area contributed by atoms with Crippen molar-refractivity contribution in [1.82, 2.24) is 4.98 Å². The highest BCUT2D eigenvalue weighted by atomic mass is 32.1. The number of ketones is 1. The molecule has 4 heteroatoms. The van der Waals surface area contributed by atoms with Crippen molar-refractivity contribution in [3.8, 4) is 22.0 Å². The van der Waals surface area contributed by atoms with E-state index in [0.717, 1.165) is 33.9 Å². The van der Waals surface area contributed by atoms with Gasteiger partial charge in [-0.1, -0.05) is 67.9 Å². The molecule has 0 aliphatic carbocycles. The first-order valence-electron chi connectivity index (χ1n) is 10.4. The van der Waals surface area contributed by atoms with Crippen molar-refractivity contribution in [2.75, 3.05) is 0 Å². The molecule has 4 aromatic rings. The Morgan fingerprint density at radius 1 is 0.967 bits per heavy atom. The zero-order valence-electron chi connectivity index (χ0n) is 17.1. The largest absolute Gasteiger partial charge is 0.287 e. The number of Topliss-reactive ketones (excluding diaryl/α,β-unsaturated/α-hetero) is 1. The number of aryl methyl sites for hydroxylation is 1. The summed E-state index contributed by atoms with van der Waals surface area (Å²) >= 11 is 1.61. The highest BCUT2D eigenvalue weighted by Gasteiger charge is 2.20. The summed E-state index contributed by atoms with van der Waals surface area (Å²) in [6.45, 7) is 2.51. The Morgan fingerprint density at radius 2 is 1.73 bits per heavy atom. The Kier molecular flexibility index (Phi) is 6.45. The molecule has 0 unspecified atom stereocenters. The van der Waals surface area contributed by atoms with Crippen molar-refractivity contribution in [3.63, 3.8) is 0 Å². The highest BCUT2D eigenvalue weighted by molar-refractivity contribution is 7.13. The fourth-order valence-electron chi connectivity index (χ4n) is 3.43. The molecule has 30 heavy (non-hydrogen) atoms. The first-order chi connectivity index (χ1) is 14.7. The van der Waals surface area contributed by atoms with Crippen LogP contribution in [0.3, 0.4) is 0 Å². The van der Waals surface area contributed by atoms with Gasteiger partial charge in [0.1, 0.15) is 0 Å². The van der Waals surface area contributed by atoms with Gasteiger partial charge in [-0.15, -0.1) is 11.3 Å². The summed E-state index contributed by atoms with van der Waals surface area (Å²) < 4.78 is 1.98. The minimum Gasteiger partial charge on any atom is -0.287 e. The second kappa shape index (κ2) is 9.59. The Bertz CT molecular complexity index is 1120. The summed E-state index contributed by atoms with van der Waals surface area (Å²) in [6, 6.07) is 24.1. The molecular weight excluding hydrogens is 388 g/mol. The lowest BCUT2D eigenvalue weighted by Gasteiger charge is -2.02. The van der Waals surface area contributed by atoms with Gasteiger partial charge in [0.25, 0.3) is 0 Å². The van der Waals surface area contributed by atoms with E-state index in [4.69, 9.17) is 4.98 Å². The molecule has 0 saturated carbocycles. The van der Waals surface area contributed by atoms with E-state index in [0.29, 0.717) is 6.54 Å². The van der Waals surface area contributed by atoms with Crippen molar-refractivity contribution in [1.29, 1.82) is 0 Å². The van der Waals surface area contributed by atoms with Crippen LogP contribution in [0.4, 0.5) is 0 Å². The number of rotatable bonds is 8. The van der Waals surface area contributed by atoms with Crippen LogP contribution in [0, 0.1) is 0 Å². The molecule has 0 aliphatic rings. The number of aromatic nitrogens is 2. The molecule has 4 rings (SSSR count). The summed E-state index contributed by atoms with van der Waals surface area (Å²) in [5.74, 6) is 0.0903. The first-order valence-corrected chi connectivity index (χ1v) is 11.2. The minimum atomic E-state index is 0.0903. The lowest BCUT2D eigenvalue weighted by atomic mass is 10.1. The summed E-state index contributed by atoms with van der Waals surface area (Å²) in [6.07, 6.45) is 5.50. The van der Waals surface area contributed by atoms with Gasteiger partial charge < -0.3 is 0 Å². The van der Waals surface area contributed by atoms with Crippen LogP contribution < -0.4 is 4.57 Å². The fourth-order valence-corrected chi connectivity index (χ4v) is 4.29. The molecule has 3 nitrogen and oxygen atoms in total. The van der Waals surface area contributed by atoms with Gasteiger partial charge in [0, 0.05) is 28.6 Å². The number of unbranched alkanes of at least 4 members (excludes halogenated alkanes) is 1. The standard InChI is InChI=1S/C26H25N2OS/c1-2-3-9-20-13-15-21(16-14-20)23-19-30-26(27-23)24-12-7-8-17-28(24)18-25(29)22-10-5-4-6-11-22/h4-8,10-17,19H,2-3,9,18H2,1H3/q+1. The second-order valence-corrected chi connectivity index (χ2v) is 8.20. The number of carbonyl (C=O) groups excluding carboxylic acids is 1. The molecule has 0 amide bonds. The van der Waals surface area contributed by atoms with E-state index in [1.54, 1.807) is 11.3 Å². The summed E-state index contributed by atoms with van der Waals surface area (Å²) in [5, 5.41) is 3.01. The summed E-state index contributed by atoms with van der Waals surface area (Å²) in [5.41, 5.74) is 5.15. The molecule has 0 atom stereocenters. The maximum absolute atomic E-state index is 12.7. The number of pyridine rings is 1. The summed E-state index contributed by atoms with van der Waals surface area (Å²) in [4.78, 5) is 17.6. The SMILES string of the molecule is CCCCc1ccc(-c2csc(-c3cccc[n+]3CC(=O)c3ccccc3)n2)cc1. The van der Waals surface area contributed by atoms with Gasteiger partial charge in [0.2, 0.25) is 18.0 Å². The van der Waals surface area contributed by atoms with Crippen molar-refractivity contribution in [2.45, 2.75) is 32.7 Å². The highest BCUT2D eigenvalue weighted by Crippen LogP contribution is 2.27. The predicted octanol–water partition coefficient (Wildman–Crippen LogP) is 5.99. The normalized spacial score (nSPS) is 10.8. The van der Waals surface area contributed by atoms with E-state index in [-0.39, 0.29) is 5.78 Å². The monoisotopic (exact) mass is 413 g/mol. The molecular formula is C26H25N2OS+. The van der Waals surface area contributed by atoms with Crippen LogP contribution in [0.5, 0.6) is 0 Å². The third-order valence-corrected chi connectivity index (χ3v) is 6.01. The van der Waals surface area contributed by atoms with Gasteiger partial charge >= 0.3 is 0 Å². The minimum absolute atomic E-state index is 0.0903. The second-order valence-electron chi connectivity index (χ2n) is 7.34. The molecule has 0 saturated heterocycles. The van der Waals surface area contributed by atoms with Gasteiger partial charge in [-0.3, -0.25) is 4.79 Å². The molecule has 2 heterocycles. The van der Waals surface area contributed by atoms with Crippen molar-refractivity contribution < 1.29 is 9.36 Å². The smallest absolute Gasteiger partial charge is 0.241 e. The Hall–Kier alpha value is -3.11. The molecule has 0 aliphatic heterocycles. The molecule has 150 valence electrons. The topological polar surface area (TPSA) is 33.8 Å². The Labute approximate surface area is 181 Å². The van der Waals surface area contributed by atoms with E-state index < -0.39 is 0 Å². The fraction of sp³-hybridized carbons (Fsp3) is 0.192. The number of hydrogen-bond donors (Lipinski definition) is 0. The molecule has 2 aromatic carbocycles. The van der Waals surface area contributed by atoms with E-state index >= 15 is 0 Å². The molecule has 0 radical (unpaired) electrons. The van der Waals surface area contributed by atoms with Crippen LogP contribution >= 0.6 is 11.3 Å². The van der Waals surface area contributed by atoms with E-state index in [9.17, 15) is 4.79 Å². The van der Waals surface area contributed by atoms with Gasteiger partial charge in [0.05, 0.1) is 5.69 Å². The maximum Gasteiger partial charge on any atom is 0.241 e. The summed E-state index contributed by atoms with van der Waals surface area (Å²) in [7, 11) is 0. The zero-order valence-corrected chi connectivity index (χ0v) is 17.9.